The van der Waals surface area contributed by atoms with Gasteiger partial charge in [0.25, 0.3) is 0 Å². The van der Waals surface area contributed by atoms with Crippen molar-refractivity contribution in [2.24, 2.45) is 11.8 Å². The molecule has 2 rings (SSSR count). The van der Waals surface area contributed by atoms with Crippen LogP contribution in [0.5, 0.6) is 0 Å². The first-order valence-electron chi connectivity index (χ1n) is 8.11. The van der Waals surface area contributed by atoms with Gasteiger partial charge in [-0.15, -0.1) is 0 Å². The van der Waals surface area contributed by atoms with Crippen molar-refractivity contribution in [1.29, 1.82) is 0 Å². The summed E-state index contributed by atoms with van der Waals surface area (Å²) >= 11 is 6.01. The van der Waals surface area contributed by atoms with Crippen LogP contribution in [0.3, 0.4) is 0 Å². The molecule has 0 saturated heterocycles. The molecule has 20 heavy (non-hydrogen) atoms. The number of hydrogen-bond acceptors (Lipinski definition) is 1. The van der Waals surface area contributed by atoms with Gasteiger partial charge in [-0.3, -0.25) is 0 Å². The van der Waals surface area contributed by atoms with Crippen LogP contribution in [0.1, 0.15) is 64.5 Å². The molecule has 1 fully saturated rings. The predicted octanol–water partition coefficient (Wildman–Crippen LogP) is 5.60. The Morgan fingerprint density at radius 1 is 1.20 bits per heavy atom. The lowest BCUT2D eigenvalue weighted by Crippen LogP contribution is -2.38. The van der Waals surface area contributed by atoms with Crippen LogP contribution >= 0.6 is 11.6 Å². The molecular formula is C18H28ClN. The zero-order valence-electron chi connectivity index (χ0n) is 13.0. The lowest BCUT2D eigenvalue weighted by Gasteiger charge is -2.34. The van der Waals surface area contributed by atoms with Crippen molar-refractivity contribution < 1.29 is 0 Å². The molecule has 1 N–H and O–H groups in total. The highest BCUT2D eigenvalue weighted by atomic mass is 35.5. The Labute approximate surface area is 129 Å². The van der Waals surface area contributed by atoms with E-state index in [2.05, 4.69) is 38.2 Å². The Hall–Kier alpha value is -0.530. The van der Waals surface area contributed by atoms with Crippen LogP contribution in [0.4, 0.5) is 0 Å². The molecule has 3 unspecified atom stereocenters. The maximum absolute atomic E-state index is 6.01. The summed E-state index contributed by atoms with van der Waals surface area (Å²) in [5, 5.41) is 4.73. The summed E-state index contributed by atoms with van der Waals surface area (Å²) in [5.41, 5.74) is 1.36. The van der Waals surface area contributed by atoms with Gasteiger partial charge in [-0.05, 0) is 42.4 Å². The van der Waals surface area contributed by atoms with Crippen LogP contribution in [-0.2, 0) is 0 Å². The van der Waals surface area contributed by atoms with E-state index in [-0.39, 0.29) is 0 Å². The van der Waals surface area contributed by atoms with Gasteiger partial charge in [0.2, 0.25) is 0 Å². The van der Waals surface area contributed by atoms with E-state index in [1.807, 2.05) is 12.1 Å². The highest BCUT2D eigenvalue weighted by Crippen LogP contribution is 2.30. The van der Waals surface area contributed by atoms with Crippen molar-refractivity contribution in [3.8, 4) is 0 Å². The summed E-state index contributed by atoms with van der Waals surface area (Å²) in [4.78, 5) is 0. The molecule has 1 aromatic rings. The first-order valence-corrected chi connectivity index (χ1v) is 8.49. The van der Waals surface area contributed by atoms with Crippen molar-refractivity contribution >= 4 is 11.6 Å². The van der Waals surface area contributed by atoms with Gasteiger partial charge in [-0.2, -0.15) is 0 Å². The molecule has 1 aliphatic carbocycles. The SMILES string of the molecule is CCC1CCCC(NC(c2ccc(Cl)cc2)C(C)C)C1. The summed E-state index contributed by atoms with van der Waals surface area (Å²) in [6, 6.07) is 9.46. The summed E-state index contributed by atoms with van der Waals surface area (Å²) in [6.07, 6.45) is 6.79. The van der Waals surface area contributed by atoms with Crippen molar-refractivity contribution in [3.05, 3.63) is 34.9 Å². The molecule has 0 aliphatic heterocycles. The monoisotopic (exact) mass is 293 g/mol. The number of halogens is 1. The Bertz CT molecular complexity index is 398. The van der Waals surface area contributed by atoms with Gasteiger partial charge < -0.3 is 5.32 Å². The minimum atomic E-state index is 0.438. The molecule has 112 valence electrons. The van der Waals surface area contributed by atoms with E-state index in [1.54, 1.807) is 0 Å². The summed E-state index contributed by atoms with van der Waals surface area (Å²) < 4.78 is 0. The fourth-order valence-electron chi connectivity index (χ4n) is 3.41. The average Bonchev–Trinajstić information content (AvgIpc) is 2.46. The zero-order chi connectivity index (χ0) is 14.5. The van der Waals surface area contributed by atoms with Crippen LogP contribution in [-0.4, -0.2) is 6.04 Å². The van der Waals surface area contributed by atoms with E-state index in [0.29, 0.717) is 18.0 Å². The van der Waals surface area contributed by atoms with Gasteiger partial charge in [0.05, 0.1) is 0 Å². The third-order valence-electron chi connectivity index (χ3n) is 4.67. The van der Waals surface area contributed by atoms with E-state index in [4.69, 9.17) is 11.6 Å². The standard InChI is InChI=1S/C18H28ClN/c1-4-14-6-5-7-17(12-14)20-18(13(2)3)15-8-10-16(19)11-9-15/h8-11,13-14,17-18,20H,4-7,12H2,1-3H3. The Kier molecular flexibility index (Phi) is 5.92. The predicted molar refractivity (Wildman–Crippen MR) is 88.2 cm³/mol. The van der Waals surface area contributed by atoms with Crippen molar-refractivity contribution in [3.63, 3.8) is 0 Å². The van der Waals surface area contributed by atoms with Crippen LogP contribution in [0.15, 0.2) is 24.3 Å². The highest BCUT2D eigenvalue weighted by molar-refractivity contribution is 6.30. The average molecular weight is 294 g/mol. The zero-order valence-corrected chi connectivity index (χ0v) is 13.8. The van der Waals surface area contributed by atoms with E-state index < -0.39 is 0 Å². The molecule has 1 saturated carbocycles. The minimum absolute atomic E-state index is 0.438. The molecule has 1 aliphatic rings. The highest BCUT2D eigenvalue weighted by Gasteiger charge is 2.25. The van der Waals surface area contributed by atoms with E-state index >= 15 is 0 Å². The van der Waals surface area contributed by atoms with Gasteiger partial charge in [0, 0.05) is 17.1 Å². The molecule has 0 bridgehead atoms. The first kappa shape index (κ1) is 15.9. The van der Waals surface area contributed by atoms with Crippen molar-refractivity contribution in [2.75, 3.05) is 0 Å². The lowest BCUT2D eigenvalue weighted by molar-refractivity contribution is 0.244. The van der Waals surface area contributed by atoms with Crippen LogP contribution in [0.2, 0.25) is 5.02 Å². The third-order valence-corrected chi connectivity index (χ3v) is 4.92. The summed E-state index contributed by atoms with van der Waals surface area (Å²) in [7, 11) is 0. The second-order valence-electron chi connectivity index (χ2n) is 6.58. The maximum atomic E-state index is 6.01. The molecule has 2 heteroatoms. The number of hydrogen-bond donors (Lipinski definition) is 1. The van der Waals surface area contributed by atoms with Gasteiger partial charge in [0.15, 0.2) is 0 Å². The van der Waals surface area contributed by atoms with Crippen molar-refractivity contribution in [1.82, 2.24) is 5.32 Å². The Balaban J connectivity index is 2.04. The van der Waals surface area contributed by atoms with Gasteiger partial charge in [-0.1, -0.05) is 63.8 Å². The number of benzene rings is 1. The minimum Gasteiger partial charge on any atom is -0.307 e. The number of rotatable bonds is 5. The topological polar surface area (TPSA) is 12.0 Å². The molecule has 0 radical (unpaired) electrons. The Morgan fingerprint density at radius 3 is 2.50 bits per heavy atom. The quantitative estimate of drug-likeness (QED) is 0.745. The molecule has 1 aromatic carbocycles. The Morgan fingerprint density at radius 2 is 1.90 bits per heavy atom. The largest absolute Gasteiger partial charge is 0.307 e. The fourth-order valence-corrected chi connectivity index (χ4v) is 3.54. The molecule has 0 spiro atoms. The second kappa shape index (κ2) is 7.47. The molecular weight excluding hydrogens is 266 g/mol. The van der Waals surface area contributed by atoms with E-state index in [9.17, 15) is 0 Å². The van der Waals surface area contributed by atoms with Crippen LogP contribution < -0.4 is 5.32 Å². The van der Waals surface area contributed by atoms with Gasteiger partial charge >= 0.3 is 0 Å². The summed E-state index contributed by atoms with van der Waals surface area (Å²) in [6.45, 7) is 6.92. The molecule has 0 aromatic heterocycles. The second-order valence-corrected chi connectivity index (χ2v) is 7.01. The van der Waals surface area contributed by atoms with Crippen LogP contribution in [0.25, 0.3) is 0 Å². The van der Waals surface area contributed by atoms with E-state index in [0.717, 1.165) is 10.9 Å². The maximum Gasteiger partial charge on any atom is 0.0406 e. The van der Waals surface area contributed by atoms with Crippen molar-refractivity contribution in [2.45, 2.75) is 65.0 Å². The smallest absolute Gasteiger partial charge is 0.0406 e. The molecule has 3 atom stereocenters. The molecule has 0 heterocycles. The molecule has 0 amide bonds. The normalized spacial score (nSPS) is 24.9. The van der Waals surface area contributed by atoms with E-state index in [1.165, 1.54) is 37.7 Å². The number of nitrogens with one attached hydrogen (secondary N) is 1. The fraction of sp³-hybridized carbons (Fsp3) is 0.667. The van der Waals surface area contributed by atoms with Gasteiger partial charge in [0.1, 0.15) is 0 Å². The summed E-state index contributed by atoms with van der Waals surface area (Å²) in [5.74, 6) is 1.51. The first-order chi connectivity index (χ1) is 9.60. The van der Waals surface area contributed by atoms with Gasteiger partial charge in [-0.25, -0.2) is 0 Å². The lowest BCUT2D eigenvalue weighted by atomic mass is 9.83. The molecule has 1 nitrogen and oxygen atoms in total. The third kappa shape index (κ3) is 4.23. The van der Waals surface area contributed by atoms with Crippen LogP contribution in [0, 0.1) is 11.8 Å².